The van der Waals surface area contributed by atoms with E-state index in [0.717, 1.165) is 58.5 Å². The molecule has 22 nitrogen and oxygen atoms in total. The van der Waals surface area contributed by atoms with Crippen LogP contribution in [-0.4, -0.2) is 87.2 Å². The van der Waals surface area contributed by atoms with Gasteiger partial charge in [-0.2, -0.15) is 74.3 Å². The molecule has 314 valence electrons. The van der Waals surface area contributed by atoms with E-state index < -0.39 is 95.1 Å². The monoisotopic (exact) mass is 902 g/mol. The minimum atomic E-state index is -5.17. The van der Waals surface area contributed by atoms with Crippen molar-refractivity contribution >= 4 is 86.5 Å². The molecule has 0 fully saturated rings. The fourth-order valence-electron chi connectivity index (χ4n) is 5.92. The first-order valence-electron chi connectivity index (χ1n) is 16.8. The van der Waals surface area contributed by atoms with Gasteiger partial charge in [-0.3, -0.25) is 27.8 Å². The maximum atomic E-state index is 13.2. The van der Waals surface area contributed by atoms with Crippen LogP contribution in [0.15, 0.2) is 123 Å². The molecular formula is C34H30N8O14S4. The molecule has 6 rings (SSSR count). The zero-order valence-corrected chi connectivity index (χ0v) is 34.4. The third-order valence-corrected chi connectivity index (χ3v) is 12.5. The average Bonchev–Trinajstić information content (AvgIpc) is 3.60. The minimum absolute atomic E-state index is 0.128. The predicted octanol–water partition coefficient (Wildman–Crippen LogP) is 4.71. The number of hydrogen-bond acceptors (Lipinski definition) is 16. The molecule has 0 saturated heterocycles. The second-order valence-corrected chi connectivity index (χ2v) is 18.8. The van der Waals surface area contributed by atoms with E-state index in [1.54, 1.807) is 0 Å². The summed E-state index contributed by atoms with van der Waals surface area (Å²) in [7, 11) is -19.4. The first-order chi connectivity index (χ1) is 27.8. The number of nitrogens with zero attached hydrogens (tertiary/aromatic N) is 8. The number of rotatable bonds is 11. The van der Waals surface area contributed by atoms with Gasteiger partial charge in [0.1, 0.15) is 9.79 Å². The summed E-state index contributed by atoms with van der Waals surface area (Å²) in [5.74, 6) is -1.45. The molecule has 2 aliphatic rings. The van der Waals surface area contributed by atoms with Gasteiger partial charge in [0.05, 0.1) is 44.0 Å². The standard InChI is InChI=1S/C34H30N8O14S4/c1-17-13-25(29(59(51,52)53)15-27(17)35-37-31-19(3)39-41(33(31)43)21-5-9-23(10-6-21)57(45,46)47)26-14-18(2)28(16-30(26)60(54,55)56)36-38-32-20(4)40-42(34(32)44)22-7-11-24(12-8-22)58(48,49)50/h5-16,31-32H,1-4H3,(H,45,46,47)(H,48,49,50)(H,51,52,53)(H,54,55,56). The van der Waals surface area contributed by atoms with E-state index in [1.165, 1.54) is 52.0 Å². The van der Waals surface area contributed by atoms with Crippen molar-refractivity contribution in [2.45, 2.75) is 59.4 Å². The highest BCUT2D eigenvalue weighted by molar-refractivity contribution is 7.86. The van der Waals surface area contributed by atoms with Crippen LogP contribution in [0, 0.1) is 13.8 Å². The summed E-state index contributed by atoms with van der Waals surface area (Å²) in [6, 6.07) is 10.5. The number of carbonyl (C=O) groups excluding carboxylic acids is 2. The summed E-state index contributed by atoms with van der Waals surface area (Å²) in [5.41, 5.74) is -0.295. The SMILES string of the molecule is CC1=NN(c2ccc(S(=O)(=O)O)cc2)C(=O)C1N=Nc1cc(S(=O)(=O)O)c(-c2cc(C)c(N=NC3C(=O)N(c4ccc(S(=O)(=O)O)cc4)N=C3C)cc2S(=O)(=O)O)cc1C. The van der Waals surface area contributed by atoms with Gasteiger partial charge in [0.15, 0.2) is 12.1 Å². The van der Waals surface area contributed by atoms with E-state index in [1.807, 2.05) is 0 Å². The van der Waals surface area contributed by atoms with Crippen molar-refractivity contribution in [3.05, 3.63) is 83.9 Å². The predicted molar refractivity (Wildman–Crippen MR) is 211 cm³/mol. The smallest absolute Gasteiger partial charge is 0.282 e. The lowest BCUT2D eigenvalue weighted by molar-refractivity contribution is -0.118. The Balaban J connectivity index is 1.31. The summed E-state index contributed by atoms with van der Waals surface area (Å²) < 4.78 is 136. The van der Waals surface area contributed by atoms with Crippen molar-refractivity contribution in [1.82, 2.24) is 0 Å². The molecule has 0 radical (unpaired) electrons. The van der Waals surface area contributed by atoms with E-state index in [4.69, 9.17) is 0 Å². The number of hydrazone groups is 2. The Bertz CT molecular complexity index is 2870. The van der Waals surface area contributed by atoms with Crippen LogP contribution in [0.2, 0.25) is 0 Å². The molecular weight excluding hydrogens is 873 g/mol. The molecule has 2 unspecified atom stereocenters. The molecule has 0 aromatic heterocycles. The second kappa shape index (κ2) is 15.6. The quantitative estimate of drug-likeness (QED) is 0.117. The van der Waals surface area contributed by atoms with Crippen molar-refractivity contribution in [3.63, 3.8) is 0 Å². The second-order valence-electron chi connectivity index (χ2n) is 13.2. The minimum Gasteiger partial charge on any atom is -0.282 e. The molecule has 4 aromatic rings. The van der Waals surface area contributed by atoms with Gasteiger partial charge in [0, 0.05) is 11.1 Å². The van der Waals surface area contributed by atoms with Crippen molar-refractivity contribution in [3.8, 4) is 11.1 Å². The third kappa shape index (κ3) is 8.80. The molecule has 0 aliphatic carbocycles. The highest BCUT2D eigenvalue weighted by Crippen LogP contribution is 2.40. The van der Waals surface area contributed by atoms with Gasteiger partial charge >= 0.3 is 0 Å². The van der Waals surface area contributed by atoms with Gasteiger partial charge in [0.25, 0.3) is 52.3 Å². The number of azo groups is 2. The van der Waals surface area contributed by atoms with Crippen molar-refractivity contribution in [1.29, 1.82) is 0 Å². The topological polar surface area (TPSA) is 332 Å². The molecule has 2 heterocycles. The number of hydrogen-bond donors (Lipinski definition) is 4. The first-order valence-corrected chi connectivity index (χ1v) is 22.5. The number of benzene rings is 4. The lowest BCUT2D eigenvalue weighted by Gasteiger charge is -2.15. The fourth-order valence-corrected chi connectivity index (χ4v) is 8.30. The maximum absolute atomic E-state index is 13.2. The largest absolute Gasteiger partial charge is 0.295 e. The molecule has 0 saturated carbocycles. The lowest BCUT2D eigenvalue weighted by Crippen LogP contribution is -2.29. The Labute approximate surface area is 341 Å². The Morgan fingerprint density at radius 2 is 0.817 bits per heavy atom. The molecule has 4 aromatic carbocycles. The van der Waals surface area contributed by atoms with Crippen molar-refractivity contribution < 1.29 is 61.5 Å². The van der Waals surface area contributed by atoms with E-state index in [0.29, 0.717) is 0 Å². The molecule has 60 heavy (non-hydrogen) atoms. The number of aryl methyl sites for hydroxylation is 2. The van der Waals surface area contributed by atoms with Crippen LogP contribution in [-0.2, 0) is 50.1 Å². The normalized spacial score (nSPS) is 17.9. The zero-order valence-electron chi connectivity index (χ0n) is 31.2. The van der Waals surface area contributed by atoms with Crippen LogP contribution in [0.5, 0.6) is 0 Å². The van der Waals surface area contributed by atoms with Crippen LogP contribution in [0.25, 0.3) is 11.1 Å². The summed E-state index contributed by atoms with van der Waals surface area (Å²) in [6.07, 6.45) is 0. The summed E-state index contributed by atoms with van der Waals surface area (Å²) in [4.78, 5) is 23.9. The van der Waals surface area contributed by atoms with E-state index in [-0.39, 0.29) is 45.3 Å². The average molecular weight is 903 g/mol. The van der Waals surface area contributed by atoms with Gasteiger partial charge in [-0.15, -0.1) is 0 Å². The van der Waals surface area contributed by atoms with Crippen molar-refractivity contribution in [2.24, 2.45) is 30.7 Å². The molecule has 0 bridgehead atoms. The van der Waals surface area contributed by atoms with E-state index in [9.17, 15) is 61.5 Å². The summed E-state index contributed by atoms with van der Waals surface area (Å²) in [6.45, 7) is 5.76. The van der Waals surface area contributed by atoms with E-state index >= 15 is 0 Å². The highest BCUT2D eigenvalue weighted by Gasteiger charge is 2.36. The molecule has 2 atom stereocenters. The number of anilines is 2. The fraction of sp³-hybridized carbons (Fsp3) is 0.176. The Kier molecular flexibility index (Phi) is 11.3. The highest BCUT2D eigenvalue weighted by atomic mass is 32.2. The Morgan fingerprint density at radius 3 is 1.10 bits per heavy atom. The van der Waals surface area contributed by atoms with Gasteiger partial charge < -0.3 is 0 Å². The molecule has 4 N–H and O–H groups in total. The van der Waals surface area contributed by atoms with Gasteiger partial charge in [-0.1, -0.05) is 0 Å². The van der Waals surface area contributed by atoms with Gasteiger partial charge in [-0.25, -0.2) is 0 Å². The van der Waals surface area contributed by atoms with E-state index in [2.05, 4.69) is 30.7 Å². The van der Waals surface area contributed by atoms with Crippen LogP contribution < -0.4 is 10.0 Å². The Hall–Kier alpha value is -6.00. The van der Waals surface area contributed by atoms with Crippen LogP contribution in [0.1, 0.15) is 25.0 Å². The maximum Gasteiger partial charge on any atom is 0.295 e. The summed E-state index contributed by atoms with van der Waals surface area (Å²) in [5, 5.41) is 26.2. The van der Waals surface area contributed by atoms with Gasteiger partial charge in [0.2, 0.25) is 0 Å². The zero-order chi connectivity index (χ0) is 44.3. The molecule has 0 spiro atoms. The third-order valence-electron chi connectivity index (χ3n) is 8.95. The molecule has 2 amide bonds. The Morgan fingerprint density at radius 1 is 0.500 bits per heavy atom. The van der Waals surface area contributed by atoms with Crippen LogP contribution >= 0.6 is 0 Å². The first kappa shape index (κ1) is 43.6. The molecule has 2 aliphatic heterocycles. The van der Waals surface area contributed by atoms with Crippen LogP contribution in [0.4, 0.5) is 22.7 Å². The summed E-state index contributed by atoms with van der Waals surface area (Å²) >= 11 is 0. The van der Waals surface area contributed by atoms with Crippen LogP contribution in [0.3, 0.4) is 0 Å². The van der Waals surface area contributed by atoms with Gasteiger partial charge in [-0.05, 0) is 112 Å². The lowest BCUT2D eigenvalue weighted by atomic mass is 9.99. The van der Waals surface area contributed by atoms with Crippen molar-refractivity contribution in [2.75, 3.05) is 10.0 Å². The molecule has 26 heteroatoms. The number of carbonyl (C=O) groups is 2. The number of amides is 2.